The first-order valence-electron chi connectivity index (χ1n) is 26.7. The van der Waals surface area contributed by atoms with E-state index in [-0.39, 0.29) is 28.6 Å². The summed E-state index contributed by atoms with van der Waals surface area (Å²) in [6.45, 7) is 12.9. The Morgan fingerprint density at radius 2 is 1.75 bits per heavy atom. The fourth-order valence-electron chi connectivity index (χ4n) is 13.4. The topological polar surface area (TPSA) is 196 Å². The third-order valence-electron chi connectivity index (χ3n) is 17.8. The van der Waals surface area contributed by atoms with E-state index in [0.717, 1.165) is 62.5 Å². The molecule has 3 aromatic carbocycles. The van der Waals surface area contributed by atoms with E-state index in [1.54, 1.807) is 6.07 Å². The molecule has 6 heterocycles. The molecule has 11 rings (SSSR count). The van der Waals surface area contributed by atoms with E-state index < -0.39 is 43.1 Å². The van der Waals surface area contributed by atoms with E-state index in [1.807, 2.05) is 37.4 Å². The predicted molar refractivity (Wildman–Crippen MR) is 282 cm³/mol. The van der Waals surface area contributed by atoms with Crippen molar-refractivity contribution in [1.29, 1.82) is 0 Å². The third kappa shape index (κ3) is 9.44. The molecular weight excluding hydrogens is 945 g/mol. The number of carbonyl (C=O) groups is 1. The zero-order chi connectivity index (χ0) is 50.8. The standard InChI is InChI=1S/C56H70N8O8S/c1-35(2)41-9-5-6-10-42(41)45-11-7-8-25-62(45)50-32-56(36(50)3)22-26-61(27-23-56)39-12-14-43(47(30-39)63-46-19-28-71-34-51(46)72-54-49(63)29-38-18-24-57-52(38)59-54)53(65)60-73(69,70)40-13-15-44(48(31-40)64(67)68)58-33-37-16-20-55(4,66)21-17-37/h5-6,9-10,12-15,18,24,29-31,35-37,45-46,50-51,58,66H,7-8,11,16-17,19-23,25-28,32-34H2,1-4H3,(H,57,59)(H,60,65)/t36?,37?,45-,46+,50?,51+,55?/m1/s1. The zero-order valence-electron chi connectivity index (χ0n) is 42.5. The highest BCUT2D eigenvalue weighted by Gasteiger charge is 2.55. The molecule has 16 nitrogen and oxygen atoms in total. The number of piperidine rings is 2. The summed E-state index contributed by atoms with van der Waals surface area (Å²) in [7, 11) is -4.62. The number of ether oxygens (including phenoxy) is 2. The number of aromatic amines is 1. The molecule has 2 unspecified atom stereocenters. The molecule has 3 saturated heterocycles. The lowest BCUT2D eigenvalue weighted by atomic mass is 9.52. The van der Waals surface area contributed by atoms with Crippen LogP contribution >= 0.6 is 0 Å². The van der Waals surface area contributed by atoms with Gasteiger partial charge in [-0.3, -0.25) is 19.8 Å². The summed E-state index contributed by atoms with van der Waals surface area (Å²) >= 11 is 0. The second-order valence-electron chi connectivity index (χ2n) is 22.5. The molecule has 0 radical (unpaired) electrons. The minimum absolute atomic E-state index is 0.123. The molecule has 2 saturated carbocycles. The van der Waals surface area contributed by atoms with Gasteiger partial charge in [0.2, 0.25) is 5.88 Å². The minimum atomic E-state index is -4.62. The molecule has 2 aliphatic carbocycles. The van der Waals surface area contributed by atoms with Gasteiger partial charge in [0.15, 0.2) is 0 Å². The Bertz CT molecular complexity index is 3000. The van der Waals surface area contributed by atoms with Crippen LogP contribution in [0.15, 0.2) is 83.9 Å². The van der Waals surface area contributed by atoms with Crippen LogP contribution in [-0.4, -0.2) is 102 Å². The Morgan fingerprint density at radius 3 is 2.52 bits per heavy atom. The molecule has 5 aromatic rings. The van der Waals surface area contributed by atoms with E-state index in [1.165, 1.54) is 48.9 Å². The van der Waals surface area contributed by atoms with Gasteiger partial charge in [-0.25, -0.2) is 13.1 Å². The largest absolute Gasteiger partial charge is 0.468 e. The molecule has 17 heteroatoms. The lowest BCUT2D eigenvalue weighted by Crippen LogP contribution is -2.62. The number of hydrogen-bond acceptors (Lipinski definition) is 13. The maximum Gasteiger partial charge on any atom is 0.293 e. The first kappa shape index (κ1) is 49.5. The molecule has 0 bridgehead atoms. The predicted octanol–water partition coefficient (Wildman–Crippen LogP) is 9.98. The van der Waals surface area contributed by atoms with E-state index in [0.29, 0.717) is 85.8 Å². The lowest BCUT2D eigenvalue weighted by Gasteiger charge is -2.62. The zero-order valence-corrected chi connectivity index (χ0v) is 43.3. The molecule has 4 N–H and O–H groups in total. The van der Waals surface area contributed by atoms with Crippen molar-refractivity contribution in [2.75, 3.05) is 54.5 Å². The van der Waals surface area contributed by atoms with Gasteiger partial charge in [0.1, 0.15) is 23.1 Å². The number of aromatic nitrogens is 2. The third-order valence-corrected chi connectivity index (χ3v) is 19.1. The van der Waals surface area contributed by atoms with Crippen LogP contribution in [0.1, 0.15) is 132 Å². The highest BCUT2D eigenvalue weighted by Crippen LogP contribution is 2.58. The maximum atomic E-state index is 14.8. The number of benzene rings is 3. The van der Waals surface area contributed by atoms with Crippen molar-refractivity contribution in [3.63, 3.8) is 0 Å². The highest BCUT2D eigenvalue weighted by molar-refractivity contribution is 7.90. The second-order valence-corrected chi connectivity index (χ2v) is 24.2. The number of rotatable bonds is 12. The van der Waals surface area contributed by atoms with Gasteiger partial charge in [0.25, 0.3) is 21.6 Å². The van der Waals surface area contributed by atoms with Gasteiger partial charge in [-0.2, -0.15) is 4.98 Å². The number of aliphatic hydroxyl groups is 1. The summed E-state index contributed by atoms with van der Waals surface area (Å²) in [5.41, 5.74) is 5.12. The number of nitro benzene ring substituents is 1. The summed E-state index contributed by atoms with van der Waals surface area (Å²) in [5, 5.41) is 26.8. The molecule has 1 amide bonds. The molecule has 6 aliphatic rings. The van der Waals surface area contributed by atoms with Gasteiger partial charge in [-0.15, -0.1) is 0 Å². The van der Waals surface area contributed by atoms with Crippen LogP contribution in [0.2, 0.25) is 0 Å². The number of sulfonamides is 1. The number of fused-ring (bicyclic) bond motifs is 3. The molecule has 1 spiro atoms. The molecule has 5 fully saturated rings. The van der Waals surface area contributed by atoms with Gasteiger partial charge >= 0.3 is 0 Å². The summed E-state index contributed by atoms with van der Waals surface area (Å²) in [5.74, 6) is 0.731. The fourth-order valence-corrected chi connectivity index (χ4v) is 14.3. The molecular formula is C56H70N8O8S. The summed E-state index contributed by atoms with van der Waals surface area (Å²) in [4.78, 5) is 41.5. The van der Waals surface area contributed by atoms with Crippen LogP contribution in [0.4, 0.5) is 28.4 Å². The Balaban J connectivity index is 0.873. The number of nitrogens with zero attached hydrogens (tertiary/aromatic N) is 5. The fraction of sp³-hybridized carbons (Fsp3) is 0.536. The van der Waals surface area contributed by atoms with E-state index >= 15 is 0 Å². The van der Waals surface area contributed by atoms with Crippen molar-refractivity contribution in [2.24, 2.45) is 17.3 Å². The molecule has 73 heavy (non-hydrogen) atoms. The first-order valence-corrected chi connectivity index (χ1v) is 28.1. The van der Waals surface area contributed by atoms with Crippen molar-refractivity contribution in [2.45, 2.75) is 139 Å². The second kappa shape index (κ2) is 19.5. The van der Waals surface area contributed by atoms with Gasteiger partial charge in [0, 0.05) is 61.7 Å². The number of pyridine rings is 1. The summed E-state index contributed by atoms with van der Waals surface area (Å²) in [6.07, 6.45) is 11.7. The van der Waals surface area contributed by atoms with Gasteiger partial charge in [-0.05, 0) is 154 Å². The van der Waals surface area contributed by atoms with Crippen LogP contribution in [-0.2, 0) is 14.8 Å². The number of carbonyl (C=O) groups excluding carboxylic acids is 1. The number of H-pyrrole nitrogens is 1. The van der Waals surface area contributed by atoms with Gasteiger partial charge in [-0.1, -0.05) is 51.5 Å². The molecule has 388 valence electrons. The van der Waals surface area contributed by atoms with Crippen LogP contribution < -0.4 is 24.6 Å². The van der Waals surface area contributed by atoms with Gasteiger partial charge < -0.3 is 34.7 Å². The first-order chi connectivity index (χ1) is 35.1. The average Bonchev–Trinajstić information content (AvgIpc) is 3.85. The average molecular weight is 1020 g/mol. The lowest BCUT2D eigenvalue weighted by molar-refractivity contribution is -0.384. The summed E-state index contributed by atoms with van der Waals surface area (Å²) in [6, 6.07) is 23.0. The molecule has 2 aromatic heterocycles. The van der Waals surface area contributed by atoms with Crippen molar-refractivity contribution < 1.29 is 32.7 Å². The minimum Gasteiger partial charge on any atom is -0.468 e. The van der Waals surface area contributed by atoms with Crippen molar-refractivity contribution in [3.8, 4) is 5.88 Å². The smallest absolute Gasteiger partial charge is 0.293 e. The van der Waals surface area contributed by atoms with Crippen molar-refractivity contribution in [1.82, 2.24) is 19.6 Å². The number of amides is 1. The van der Waals surface area contributed by atoms with Crippen LogP contribution in [0, 0.1) is 27.4 Å². The Morgan fingerprint density at radius 1 is 0.959 bits per heavy atom. The van der Waals surface area contributed by atoms with Crippen molar-refractivity contribution >= 4 is 55.4 Å². The van der Waals surface area contributed by atoms with E-state index in [2.05, 4.69) is 74.8 Å². The number of hydrogen-bond donors (Lipinski definition) is 4. The van der Waals surface area contributed by atoms with Crippen LogP contribution in [0.25, 0.3) is 11.0 Å². The Labute approximate surface area is 428 Å². The van der Waals surface area contributed by atoms with Crippen LogP contribution in [0.3, 0.4) is 0 Å². The SMILES string of the molecule is CC(C)c1ccccc1[C@H]1CCCCN1C1CC2(CCN(c3ccc(C(=O)NS(=O)(=O)c4ccc(NCC5CCC(C)(O)CC5)c([N+](=O)[O-])c4)c(N4c5cc6cc[nH]c6nc5O[C@H]5COCC[C@@H]54)c3)CC2)C1C. The monoisotopic (exact) mass is 1010 g/mol. The summed E-state index contributed by atoms with van der Waals surface area (Å²) < 4.78 is 43.2. The number of nitrogens with one attached hydrogen (secondary N) is 3. The molecule has 5 atom stereocenters. The highest BCUT2D eigenvalue weighted by atomic mass is 32.2. The number of anilines is 4. The van der Waals surface area contributed by atoms with Crippen LogP contribution in [0.5, 0.6) is 5.88 Å². The normalized spacial score (nSPS) is 27.2. The van der Waals surface area contributed by atoms with Gasteiger partial charge in [0.05, 0.1) is 39.3 Å². The number of nitro groups is 1. The quantitative estimate of drug-likeness (QED) is 0.0682. The number of likely N-dealkylation sites (tertiary alicyclic amines) is 1. The molecule has 4 aliphatic heterocycles. The Hall–Kier alpha value is -5.75. The van der Waals surface area contributed by atoms with E-state index in [9.17, 15) is 28.4 Å². The van der Waals surface area contributed by atoms with Crippen molar-refractivity contribution in [3.05, 3.63) is 106 Å². The Kier molecular flexibility index (Phi) is 13.2. The maximum absolute atomic E-state index is 14.8. The van der Waals surface area contributed by atoms with E-state index in [4.69, 9.17) is 14.5 Å².